The molecule has 0 bridgehead atoms. The van der Waals surface area contributed by atoms with E-state index in [-0.39, 0.29) is 0 Å². The molecule has 4 aromatic rings. The van der Waals surface area contributed by atoms with Gasteiger partial charge >= 0.3 is 6.18 Å². The summed E-state index contributed by atoms with van der Waals surface area (Å²) in [5.74, 6) is 0.368. The highest BCUT2D eigenvalue weighted by Gasteiger charge is 2.30. The summed E-state index contributed by atoms with van der Waals surface area (Å²) in [5.41, 5.74) is 1.46. The molecule has 0 aliphatic rings. The minimum atomic E-state index is -4.35. The summed E-state index contributed by atoms with van der Waals surface area (Å²) in [6.45, 7) is 0. The largest absolute Gasteiger partial charge is 0.416 e. The zero-order valence-electron chi connectivity index (χ0n) is 13.9. The van der Waals surface area contributed by atoms with Crippen molar-refractivity contribution in [3.63, 3.8) is 0 Å². The molecule has 2 aromatic carbocycles. The van der Waals surface area contributed by atoms with Crippen LogP contribution in [0.1, 0.15) is 11.1 Å². The Morgan fingerprint density at radius 3 is 2.56 bits per heavy atom. The average molecular weight is 386 g/mol. The molecule has 0 amide bonds. The number of nitrogens with zero attached hydrogens (tertiary/aromatic N) is 4. The molecule has 0 unspecified atom stereocenters. The number of rotatable bonds is 4. The Labute approximate surface area is 157 Å². The molecule has 136 valence electrons. The lowest BCUT2D eigenvalue weighted by atomic mass is 10.1. The summed E-state index contributed by atoms with van der Waals surface area (Å²) in [6, 6.07) is 14.9. The van der Waals surface area contributed by atoms with Crippen molar-refractivity contribution >= 4 is 22.8 Å². The first kappa shape index (κ1) is 17.5. The van der Waals surface area contributed by atoms with Crippen LogP contribution in [0.25, 0.3) is 16.7 Å². The summed E-state index contributed by atoms with van der Waals surface area (Å²) in [5, 5.41) is 5.82. The number of hydrogen-bond donors (Lipinski definition) is 0. The maximum Gasteiger partial charge on any atom is 0.416 e. The van der Waals surface area contributed by atoms with Gasteiger partial charge in [-0.2, -0.15) is 18.3 Å². The molecule has 0 atom stereocenters. The Bertz CT molecular complexity index is 1080. The van der Waals surface area contributed by atoms with Crippen LogP contribution in [0.3, 0.4) is 0 Å². The van der Waals surface area contributed by atoms with Crippen molar-refractivity contribution in [1.29, 1.82) is 0 Å². The third kappa shape index (κ3) is 3.66. The molecule has 2 aromatic heterocycles. The zero-order valence-corrected chi connectivity index (χ0v) is 14.7. The van der Waals surface area contributed by atoms with E-state index in [4.69, 9.17) is 0 Å². The van der Waals surface area contributed by atoms with Crippen LogP contribution in [-0.2, 0) is 11.9 Å². The lowest BCUT2D eigenvalue weighted by Crippen LogP contribution is -2.04. The Morgan fingerprint density at radius 1 is 0.963 bits per heavy atom. The van der Waals surface area contributed by atoms with Gasteiger partial charge in [-0.15, -0.1) is 11.8 Å². The molecule has 4 rings (SSSR count). The van der Waals surface area contributed by atoms with Crippen LogP contribution in [0.5, 0.6) is 0 Å². The lowest BCUT2D eigenvalue weighted by Gasteiger charge is -2.08. The molecule has 0 N–H and O–H groups in total. The molecule has 0 saturated heterocycles. The zero-order chi connectivity index (χ0) is 18.9. The Morgan fingerprint density at radius 2 is 1.78 bits per heavy atom. The number of halogens is 3. The van der Waals surface area contributed by atoms with Crippen LogP contribution < -0.4 is 0 Å². The second kappa shape index (κ2) is 7.03. The Kier molecular flexibility index (Phi) is 4.57. The number of para-hydroxylation sites is 1. The van der Waals surface area contributed by atoms with Crippen LogP contribution in [0.4, 0.5) is 13.2 Å². The van der Waals surface area contributed by atoms with Crippen molar-refractivity contribution in [2.75, 3.05) is 0 Å². The van der Waals surface area contributed by atoms with Crippen molar-refractivity contribution in [2.24, 2.45) is 0 Å². The first-order chi connectivity index (χ1) is 13.0. The number of alkyl halides is 3. The normalized spacial score (nSPS) is 11.8. The average Bonchev–Trinajstić information content (AvgIpc) is 3.11. The molecular weight excluding hydrogens is 373 g/mol. The molecular formula is C19H13F3N4S. The first-order valence-electron chi connectivity index (χ1n) is 8.05. The third-order valence-corrected chi connectivity index (χ3v) is 5.04. The summed E-state index contributed by atoms with van der Waals surface area (Å²) in [6.07, 6.45) is -1.23. The Balaban J connectivity index is 1.61. The molecule has 0 fully saturated rings. The highest BCUT2D eigenvalue weighted by atomic mass is 32.2. The quantitative estimate of drug-likeness (QED) is 0.360. The summed E-state index contributed by atoms with van der Waals surface area (Å²) in [7, 11) is 0. The van der Waals surface area contributed by atoms with Gasteiger partial charge in [0.25, 0.3) is 0 Å². The van der Waals surface area contributed by atoms with Gasteiger partial charge in [-0.25, -0.2) is 14.6 Å². The molecule has 2 heterocycles. The van der Waals surface area contributed by atoms with Gasteiger partial charge in [0, 0.05) is 5.75 Å². The second-order valence-corrected chi connectivity index (χ2v) is 6.76. The number of fused-ring (bicyclic) bond motifs is 1. The summed E-state index contributed by atoms with van der Waals surface area (Å²) in [4.78, 5) is 8.58. The van der Waals surface area contributed by atoms with Gasteiger partial charge in [0.05, 0.1) is 22.8 Å². The van der Waals surface area contributed by atoms with Crippen LogP contribution >= 0.6 is 11.8 Å². The number of aromatic nitrogens is 4. The lowest BCUT2D eigenvalue weighted by molar-refractivity contribution is -0.137. The van der Waals surface area contributed by atoms with Crippen molar-refractivity contribution in [1.82, 2.24) is 19.7 Å². The van der Waals surface area contributed by atoms with Gasteiger partial charge in [-0.3, -0.25) is 0 Å². The van der Waals surface area contributed by atoms with E-state index in [1.54, 1.807) is 16.9 Å². The fraction of sp³-hybridized carbons (Fsp3) is 0.105. The minimum absolute atomic E-state index is 0.368. The summed E-state index contributed by atoms with van der Waals surface area (Å²) < 4.78 is 40.3. The van der Waals surface area contributed by atoms with Gasteiger partial charge in [-0.1, -0.05) is 36.4 Å². The van der Waals surface area contributed by atoms with E-state index in [1.165, 1.54) is 30.2 Å². The standard InChI is InChI=1S/C19H13F3N4S/c20-19(21,22)14-6-4-5-13(9-14)11-27-18-16-10-25-26(17(16)23-12-24-18)15-7-2-1-3-8-15/h1-10,12H,11H2. The van der Waals surface area contributed by atoms with E-state index in [9.17, 15) is 13.2 Å². The number of thioether (sulfide) groups is 1. The van der Waals surface area contributed by atoms with Crippen molar-refractivity contribution in [2.45, 2.75) is 17.0 Å². The molecule has 8 heteroatoms. The number of hydrogen-bond acceptors (Lipinski definition) is 4. The molecule has 0 radical (unpaired) electrons. The maximum absolute atomic E-state index is 12.9. The minimum Gasteiger partial charge on any atom is -0.229 e. The predicted molar refractivity (Wildman–Crippen MR) is 97.7 cm³/mol. The van der Waals surface area contributed by atoms with E-state index in [0.29, 0.717) is 22.0 Å². The van der Waals surface area contributed by atoms with Gasteiger partial charge in [0.1, 0.15) is 11.4 Å². The third-order valence-electron chi connectivity index (χ3n) is 3.96. The van der Waals surface area contributed by atoms with Gasteiger partial charge in [0.15, 0.2) is 5.65 Å². The molecule has 4 nitrogen and oxygen atoms in total. The van der Waals surface area contributed by atoms with Gasteiger partial charge < -0.3 is 0 Å². The fourth-order valence-electron chi connectivity index (χ4n) is 2.68. The Hall–Kier alpha value is -2.87. The highest BCUT2D eigenvalue weighted by molar-refractivity contribution is 7.98. The van der Waals surface area contributed by atoms with Gasteiger partial charge in [0.2, 0.25) is 0 Å². The van der Waals surface area contributed by atoms with Gasteiger partial charge in [-0.05, 0) is 23.8 Å². The molecule has 27 heavy (non-hydrogen) atoms. The van der Waals surface area contributed by atoms with Crippen LogP contribution in [0.2, 0.25) is 0 Å². The van der Waals surface area contributed by atoms with E-state index in [0.717, 1.165) is 17.1 Å². The van der Waals surface area contributed by atoms with Crippen LogP contribution in [0, 0.1) is 0 Å². The highest BCUT2D eigenvalue weighted by Crippen LogP contribution is 2.32. The molecule has 0 spiro atoms. The van der Waals surface area contributed by atoms with Crippen LogP contribution in [0.15, 0.2) is 72.1 Å². The SMILES string of the molecule is FC(F)(F)c1cccc(CSc2ncnc3c2cnn3-c2ccccc2)c1. The maximum atomic E-state index is 12.9. The van der Waals surface area contributed by atoms with E-state index < -0.39 is 11.7 Å². The molecule has 0 saturated carbocycles. The smallest absolute Gasteiger partial charge is 0.229 e. The van der Waals surface area contributed by atoms with Crippen LogP contribution in [-0.4, -0.2) is 19.7 Å². The van der Waals surface area contributed by atoms with Crippen molar-refractivity contribution in [3.05, 3.63) is 78.2 Å². The molecule has 0 aliphatic carbocycles. The van der Waals surface area contributed by atoms with E-state index >= 15 is 0 Å². The van der Waals surface area contributed by atoms with Crippen molar-refractivity contribution < 1.29 is 13.2 Å². The predicted octanol–water partition coefficient (Wildman–Crippen LogP) is 5.13. The number of benzene rings is 2. The van der Waals surface area contributed by atoms with Crippen molar-refractivity contribution in [3.8, 4) is 5.69 Å². The van der Waals surface area contributed by atoms with E-state index in [2.05, 4.69) is 15.1 Å². The second-order valence-electron chi connectivity index (χ2n) is 5.79. The van der Waals surface area contributed by atoms with E-state index in [1.807, 2.05) is 30.3 Å². The molecule has 0 aliphatic heterocycles. The fourth-order valence-corrected chi connectivity index (χ4v) is 3.59. The summed E-state index contributed by atoms with van der Waals surface area (Å²) >= 11 is 1.36. The first-order valence-corrected chi connectivity index (χ1v) is 9.04. The topological polar surface area (TPSA) is 43.6 Å². The monoisotopic (exact) mass is 386 g/mol.